The van der Waals surface area contributed by atoms with E-state index in [0.717, 1.165) is 12.0 Å². The smallest absolute Gasteiger partial charge is 0.263 e. The Bertz CT molecular complexity index is 462. The second-order valence-corrected chi connectivity index (χ2v) is 6.22. The monoisotopic (exact) mass is 270 g/mol. The summed E-state index contributed by atoms with van der Waals surface area (Å²) in [7, 11) is -3.62. The van der Waals surface area contributed by atoms with Crippen molar-refractivity contribution in [1.82, 2.24) is 0 Å². The Morgan fingerprint density at radius 2 is 1.61 bits per heavy atom. The highest BCUT2D eigenvalue weighted by molar-refractivity contribution is 7.86. The van der Waals surface area contributed by atoms with Gasteiger partial charge in [0.05, 0.1) is 11.0 Å². The van der Waals surface area contributed by atoms with E-state index in [9.17, 15) is 8.42 Å². The minimum atomic E-state index is -3.62. The summed E-state index contributed by atoms with van der Waals surface area (Å²) in [5, 5.41) is 0. The molecular formula is C14H22O3S. The lowest BCUT2D eigenvalue weighted by Crippen LogP contribution is -2.14. The summed E-state index contributed by atoms with van der Waals surface area (Å²) < 4.78 is 28.9. The number of benzene rings is 1. The highest BCUT2D eigenvalue weighted by atomic mass is 32.2. The van der Waals surface area contributed by atoms with Crippen molar-refractivity contribution in [2.75, 3.05) is 0 Å². The van der Waals surface area contributed by atoms with E-state index in [0.29, 0.717) is 12.3 Å². The Hall–Kier alpha value is -0.870. The van der Waals surface area contributed by atoms with E-state index in [1.807, 2.05) is 19.1 Å². The first-order valence-corrected chi connectivity index (χ1v) is 7.84. The number of hydrogen-bond donors (Lipinski definition) is 0. The molecular weight excluding hydrogens is 248 g/mol. The van der Waals surface area contributed by atoms with Crippen molar-refractivity contribution in [3.05, 3.63) is 29.8 Å². The summed E-state index contributed by atoms with van der Waals surface area (Å²) in [4.78, 5) is 0.231. The van der Waals surface area contributed by atoms with Crippen molar-refractivity contribution < 1.29 is 12.6 Å². The fourth-order valence-corrected chi connectivity index (χ4v) is 2.69. The van der Waals surface area contributed by atoms with Crippen LogP contribution in [0.1, 0.15) is 52.0 Å². The van der Waals surface area contributed by atoms with Gasteiger partial charge in [0, 0.05) is 0 Å². The molecule has 0 amide bonds. The van der Waals surface area contributed by atoms with Crippen LogP contribution in [0.15, 0.2) is 29.2 Å². The van der Waals surface area contributed by atoms with Gasteiger partial charge in [-0.15, -0.1) is 0 Å². The van der Waals surface area contributed by atoms with E-state index >= 15 is 0 Å². The van der Waals surface area contributed by atoms with Crippen LogP contribution in [0.25, 0.3) is 0 Å². The second kappa shape index (κ2) is 6.34. The molecule has 0 radical (unpaired) electrons. The van der Waals surface area contributed by atoms with Gasteiger partial charge in [-0.1, -0.05) is 32.9 Å². The first-order chi connectivity index (χ1) is 8.40. The summed E-state index contributed by atoms with van der Waals surface area (Å²) in [6, 6.07) is 6.97. The van der Waals surface area contributed by atoms with Crippen molar-refractivity contribution in [3.63, 3.8) is 0 Å². The summed E-state index contributed by atoms with van der Waals surface area (Å²) in [5.74, 6) is 0.442. The first kappa shape index (κ1) is 15.2. The van der Waals surface area contributed by atoms with Crippen LogP contribution in [0.5, 0.6) is 0 Å². The van der Waals surface area contributed by atoms with E-state index in [1.165, 1.54) is 0 Å². The third kappa shape index (κ3) is 3.82. The van der Waals surface area contributed by atoms with E-state index in [-0.39, 0.29) is 11.0 Å². The summed E-state index contributed by atoms with van der Waals surface area (Å²) in [5.41, 5.74) is 1.15. The van der Waals surface area contributed by atoms with Crippen LogP contribution in [0.4, 0.5) is 0 Å². The summed E-state index contributed by atoms with van der Waals surface area (Å²) in [6.07, 6.45) is 1.42. The molecule has 0 aliphatic heterocycles. The largest absolute Gasteiger partial charge is 0.297 e. The van der Waals surface area contributed by atoms with E-state index < -0.39 is 10.1 Å². The molecule has 0 bridgehead atoms. The minimum absolute atomic E-state index is 0.231. The van der Waals surface area contributed by atoms with Crippen molar-refractivity contribution in [2.24, 2.45) is 0 Å². The molecule has 0 N–H and O–H groups in total. The van der Waals surface area contributed by atoms with Gasteiger partial charge in [0.1, 0.15) is 0 Å². The van der Waals surface area contributed by atoms with Gasteiger partial charge in [-0.3, -0.25) is 4.18 Å². The molecule has 0 fully saturated rings. The number of rotatable bonds is 6. The standard InChI is InChI=1S/C14H22O3S/c1-5-11(3)13-7-9-14(10-8-13)18(15,16)17-12(4)6-2/h7-12H,5-6H2,1-4H3. The molecule has 1 aromatic carbocycles. The molecule has 0 aromatic heterocycles. The fraction of sp³-hybridized carbons (Fsp3) is 0.571. The average Bonchev–Trinajstić information content (AvgIpc) is 2.37. The van der Waals surface area contributed by atoms with Crippen LogP contribution < -0.4 is 0 Å². The zero-order chi connectivity index (χ0) is 13.8. The van der Waals surface area contributed by atoms with Gasteiger partial charge in [0.15, 0.2) is 0 Å². The Kier molecular flexibility index (Phi) is 5.35. The maximum Gasteiger partial charge on any atom is 0.297 e. The van der Waals surface area contributed by atoms with Gasteiger partial charge in [0.2, 0.25) is 0 Å². The third-order valence-corrected chi connectivity index (χ3v) is 4.65. The topological polar surface area (TPSA) is 43.4 Å². The highest BCUT2D eigenvalue weighted by Crippen LogP contribution is 2.22. The molecule has 2 unspecified atom stereocenters. The molecule has 0 aliphatic carbocycles. The highest BCUT2D eigenvalue weighted by Gasteiger charge is 2.18. The Balaban J connectivity index is 2.91. The van der Waals surface area contributed by atoms with Crippen LogP contribution in [-0.2, 0) is 14.3 Å². The zero-order valence-corrected chi connectivity index (χ0v) is 12.3. The lowest BCUT2D eigenvalue weighted by atomic mass is 9.99. The molecule has 0 spiro atoms. The van der Waals surface area contributed by atoms with Gasteiger partial charge in [-0.05, 0) is 43.4 Å². The van der Waals surface area contributed by atoms with E-state index in [4.69, 9.17) is 4.18 Å². The Morgan fingerprint density at radius 3 is 2.06 bits per heavy atom. The molecule has 1 aromatic rings. The van der Waals surface area contributed by atoms with Crippen molar-refractivity contribution >= 4 is 10.1 Å². The third-order valence-electron chi connectivity index (χ3n) is 3.22. The van der Waals surface area contributed by atoms with Gasteiger partial charge in [0.25, 0.3) is 10.1 Å². The molecule has 0 aliphatic rings. The molecule has 0 saturated carbocycles. The molecule has 2 atom stereocenters. The van der Waals surface area contributed by atoms with Crippen molar-refractivity contribution in [2.45, 2.75) is 57.5 Å². The summed E-state index contributed by atoms with van der Waals surface area (Å²) in [6.45, 7) is 7.89. The lowest BCUT2D eigenvalue weighted by molar-refractivity contribution is 0.224. The average molecular weight is 270 g/mol. The van der Waals surface area contributed by atoms with E-state index in [2.05, 4.69) is 13.8 Å². The lowest BCUT2D eigenvalue weighted by Gasteiger charge is -2.12. The van der Waals surface area contributed by atoms with Gasteiger partial charge in [-0.2, -0.15) is 8.42 Å². The first-order valence-electron chi connectivity index (χ1n) is 6.44. The van der Waals surface area contributed by atoms with Crippen LogP contribution in [0.3, 0.4) is 0 Å². The van der Waals surface area contributed by atoms with Gasteiger partial charge >= 0.3 is 0 Å². The molecule has 4 heteroatoms. The Labute approximate surface area is 110 Å². The molecule has 18 heavy (non-hydrogen) atoms. The van der Waals surface area contributed by atoms with E-state index in [1.54, 1.807) is 19.1 Å². The van der Waals surface area contributed by atoms with Crippen LogP contribution in [-0.4, -0.2) is 14.5 Å². The molecule has 1 rings (SSSR count). The summed E-state index contributed by atoms with van der Waals surface area (Å²) >= 11 is 0. The minimum Gasteiger partial charge on any atom is -0.263 e. The van der Waals surface area contributed by atoms with Crippen LogP contribution in [0, 0.1) is 0 Å². The number of hydrogen-bond acceptors (Lipinski definition) is 3. The van der Waals surface area contributed by atoms with Crippen molar-refractivity contribution in [3.8, 4) is 0 Å². The zero-order valence-electron chi connectivity index (χ0n) is 11.5. The second-order valence-electron chi connectivity index (χ2n) is 4.65. The SMILES string of the molecule is CCC(C)OS(=O)(=O)c1ccc(C(C)CC)cc1. The quantitative estimate of drug-likeness (QED) is 0.740. The maximum atomic E-state index is 11.9. The predicted octanol–water partition coefficient (Wildman–Crippen LogP) is 3.70. The Morgan fingerprint density at radius 1 is 1.06 bits per heavy atom. The van der Waals surface area contributed by atoms with Gasteiger partial charge in [-0.25, -0.2) is 0 Å². The molecule has 0 saturated heterocycles. The molecule has 102 valence electrons. The maximum absolute atomic E-state index is 11.9. The van der Waals surface area contributed by atoms with Crippen molar-refractivity contribution in [1.29, 1.82) is 0 Å². The van der Waals surface area contributed by atoms with Crippen LogP contribution >= 0.6 is 0 Å². The predicted molar refractivity (Wildman–Crippen MR) is 73.2 cm³/mol. The normalized spacial score (nSPS) is 15.3. The van der Waals surface area contributed by atoms with Gasteiger partial charge < -0.3 is 0 Å². The molecule has 3 nitrogen and oxygen atoms in total. The van der Waals surface area contributed by atoms with Crippen LogP contribution in [0.2, 0.25) is 0 Å². The fourth-order valence-electron chi connectivity index (χ4n) is 1.54. The molecule has 0 heterocycles.